The van der Waals surface area contributed by atoms with E-state index in [-0.39, 0.29) is 29.9 Å². The minimum absolute atomic E-state index is 0.00954. The molecule has 0 radical (unpaired) electrons. The molecule has 1 aliphatic rings. The minimum Gasteiger partial charge on any atom is -0.383 e. The van der Waals surface area contributed by atoms with E-state index in [1.54, 1.807) is 11.0 Å². The Balaban J connectivity index is 2.07. The molecule has 0 bridgehead atoms. The van der Waals surface area contributed by atoms with E-state index in [9.17, 15) is 18.8 Å². The van der Waals surface area contributed by atoms with Crippen LogP contribution in [0.15, 0.2) is 24.3 Å². The zero-order valence-corrected chi connectivity index (χ0v) is 16.8. The topological polar surface area (TPSA) is 97.0 Å². The molecule has 0 aliphatic carbocycles. The average Bonchev–Trinajstić information content (AvgIpc) is 2.72. The highest BCUT2D eigenvalue weighted by atomic mass is 19.1. The van der Waals surface area contributed by atoms with E-state index in [0.29, 0.717) is 39.1 Å². The number of ether oxygens (including phenoxy) is 2. The Morgan fingerprint density at radius 3 is 2.48 bits per heavy atom. The summed E-state index contributed by atoms with van der Waals surface area (Å²) in [4.78, 5) is 38.9. The second-order valence-electron chi connectivity index (χ2n) is 6.87. The highest BCUT2D eigenvalue weighted by Crippen LogP contribution is 2.22. The van der Waals surface area contributed by atoms with Crippen LogP contribution in [0.1, 0.15) is 23.2 Å². The van der Waals surface area contributed by atoms with Gasteiger partial charge in [0.15, 0.2) is 0 Å². The van der Waals surface area contributed by atoms with E-state index < -0.39 is 17.8 Å². The van der Waals surface area contributed by atoms with Gasteiger partial charge in [-0.2, -0.15) is 0 Å². The van der Waals surface area contributed by atoms with Gasteiger partial charge in [0.25, 0.3) is 5.91 Å². The third-order valence-electron chi connectivity index (χ3n) is 4.92. The summed E-state index contributed by atoms with van der Waals surface area (Å²) in [7, 11) is 2.99. The van der Waals surface area contributed by atoms with Crippen molar-refractivity contribution in [2.75, 3.05) is 47.1 Å². The molecule has 1 saturated heterocycles. The standard InChI is InChI=1S/C20H28FN3O5/c1-28-12-9-22-20(27)18(23-19(26)15-5-3-4-6-16(15)21)14-7-10-24(11-8-14)17(25)13-29-2/h3-6,14,18H,7-13H2,1-2H3,(H,22,27)(H,23,26)/t18-/m0/s1. The van der Waals surface area contributed by atoms with E-state index in [1.807, 2.05) is 0 Å². The Bertz CT molecular complexity index is 707. The van der Waals surface area contributed by atoms with Crippen LogP contribution in [0.3, 0.4) is 0 Å². The van der Waals surface area contributed by atoms with E-state index in [2.05, 4.69) is 10.6 Å². The van der Waals surface area contributed by atoms with Gasteiger partial charge >= 0.3 is 0 Å². The van der Waals surface area contributed by atoms with Crippen molar-refractivity contribution in [3.05, 3.63) is 35.6 Å². The van der Waals surface area contributed by atoms with Gasteiger partial charge < -0.3 is 25.0 Å². The van der Waals surface area contributed by atoms with Crippen molar-refractivity contribution >= 4 is 17.7 Å². The van der Waals surface area contributed by atoms with Gasteiger partial charge in [-0.05, 0) is 30.9 Å². The molecule has 9 heteroatoms. The molecule has 1 aromatic carbocycles. The summed E-state index contributed by atoms with van der Waals surface area (Å²) in [6.07, 6.45) is 1.07. The number of carbonyl (C=O) groups excluding carboxylic acids is 3. The quantitative estimate of drug-likeness (QED) is 0.582. The molecular weight excluding hydrogens is 381 g/mol. The van der Waals surface area contributed by atoms with Gasteiger partial charge in [0, 0.05) is 33.9 Å². The first-order valence-corrected chi connectivity index (χ1v) is 9.56. The van der Waals surface area contributed by atoms with Crippen molar-refractivity contribution in [1.82, 2.24) is 15.5 Å². The fourth-order valence-electron chi connectivity index (χ4n) is 3.35. The number of hydrogen-bond donors (Lipinski definition) is 2. The summed E-state index contributed by atoms with van der Waals surface area (Å²) in [5, 5.41) is 5.41. The van der Waals surface area contributed by atoms with Gasteiger partial charge in [0.05, 0.1) is 12.2 Å². The van der Waals surface area contributed by atoms with E-state index in [0.717, 1.165) is 0 Å². The first-order chi connectivity index (χ1) is 14.0. The molecular formula is C20H28FN3O5. The number of likely N-dealkylation sites (tertiary alicyclic amines) is 1. The number of rotatable bonds is 9. The first kappa shape index (κ1) is 22.8. The van der Waals surface area contributed by atoms with Crippen LogP contribution in [0.5, 0.6) is 0 Å². The number of hydrogen-bond acceptors (Lipinski definition) is 5. The molecule has 1 aromatic rings. The predicted molar refractivity (Wildman–Crippen MR) is 104 cm³/mol. The third-order valence-corrected chi connectivity index (χ3v) is 4.92. The normalized spacial score (nSPS) is 15.6. The second-order valence-corrected chi connectivity index (χ2v) is 6.87. The summed E-state index contributed by atoms with van der Waals surface area (Å²) >= 11 is 0. The molecule has 8 nitrogen and oxygen atoms in total. The number of methoxy groups -OCH3 is 2. The molecule has 1 heterocycles. The van der Waals surface area contributed by atoms with Crippen LogP contribution in [0.25, 0.3) is 0 Å². The number of piperidine rings is 1. The number of amides is 3. The second kappa shape index (κ2) is 11.5. The van der Waals surface area contributed by atoms with Crippen LogP contribution < -0.4 is 10.6 Å². The molecule has 1 fully saturated rings. The first-order valence-electron chi connectivity index (χ1n) is 9.56. The lowest BCUT2D eigenvalue weighted by molar-refractivity contribution is -0.136. The molecule has 2 rings (SSSR count). The number of nitrogens with zero attached hydrogens (tertiary/aromatic N) is 1. The van der Waals surface area contributed by atoms with Gasteiger partial charge in [-0.1, -0.05) is 12.1 Å². The summed E-state index contributed by atoms with van der Waals surface area (Å²) in [6.45, 7) is 1.57. The van der Waals surface area contributed by atoms with Crippen molar-refractivity contribution in [1.29, 1.82) is 0 Å². The number of nitrogens with one attached hydrogen (secondary N) is 2. The minimum atomic E-state index is -0.835. The van der Waals surface area contributed by atoms with Gasteiger partial charge in [-0.25, -0.2) is 4.39 Å². The monoisotopic (exact) mass is 409 g/mol. The zero-order chi connectivity index (χ0) is 21.2. The van der Waals surface area contributed by atoms with Crippen molar-refractivity contribution in [3.63, 3.8) is 0 Å². The summed E-state index contributed by atoms with van der Waals surface area (Å²) < 4.78 is 23.8. The molecule has 0 saturated carbocycles. The fraction of sp³-hybridized carbons (Fsp3) is 0.550. The van der Waals surface area contributed by atoms with Crippen LogP contribution >= 0.6 is 0 Å². The molecule has 29 heavy (non-hydrogen) atoms. The lowest BCUT2D eigenvalue weighted by atomic mass is 9.88. The van der Waals surface area contributed by atoms with Crippen LogP contribution in [0.4, 0.5) is 4.39 Å². The van der Waals surface area contributed by atoms with Gasteiger partial charge in [-0.3, -0.25) is 14.4 Å². The number of halogens is 1. The summed E-state index contributed by atoms with van der Waals surface area (Å²) in [6, 6.07) is 4.79. The lowest BCUT2D eigenvalue weighted by Crippen LogP contribution is -2.54. The van der Waals surface area contributed by atoms with Crippen molar-refractivity contribution < 1.29 is 28.2 Å². The molecule has 2 N–H and O–H groups in total. The maximum Gasteiger partial charge on any atom is 0.254 e. The molecule has 0 unspecified atom stereocenters. The smallest absolute Gasteiger partial charge is 0.254 e. The predicted octanol–water partition coefficient (Wildman–Crippen LogP) is 0.572. The average molecular weight is 409 g/mol. The lowest BCUT2D eigenvalue weighted by Gasteiger charge is -2.35. The molecule has 1 aliphatic heterocycles. The molecule has 3 amide bonds. The third kappa shape index (κ3) is 6.50. The van der Waals surface area contributed by atoms with Crippen LogP contribution in [-0.2, 0) is 19.1 Å². The van der Waals surface area contributed by atoms with Crippen molar-refractivity contribution in [3.8, 4) is 0 Å². The summed E-state index contributed by atoms with van der Waals surface area (Å²) in [5.74, 6) is -1.94. The Morgan fingerprint density at radius 2 is 1.86 bits per heavy atom. The SMILES string of the molecule is COCCNC(=O)[C@@H](NC(=O)c1ccccc1F)C1CCN(C(=O)COC)CC1. The van der Waals surface area contributed by atoms with Crippen molar-refractivity contribution in [2.45, 2.75) is 18.9 Å². The van der Waals surface area contributed by atoms with Gasteiger partial charge in [0.2, 0.25) is 11.8 Å². The Morgan fingerprint density at radius 1 is 1.17 bits per heavy atom. The highest BCUT2D eigenvalue weighted by Gasteiger charge is 2.34. The van der Waals surface area contributed by atoms with Crippen LogP contribution in [0, 0.1) is 11.7 Å². The number of benzene rings is 1. The maximum absolute atomic E-state index is 14.0. The highest BCUT2D eigenvalue weighted by molar-refractivity contribution is 5.97. The Labute approximate surface area is 169 Å². The van der Waals surface area contributed by atoms with E-state index in [1.165, 1.54) is 32.4 Å². The van der Waals surface area contributed by atoms with Crippen LogP contribution in [0.2, 0.25) is 0 Å². The molecule has 0 aromatic heterocycles. The molecule has 160 valence electrons. The Hall–Kier alpha value is -2.52. The summed E-state index contributed by atoms with van der Waals surface area (Å²) in [5.41, 5.74) is -0.116. The Kier molecular flexibility index (Phi) is 9.01. The van der Waals surface area contributed by atoms with Gasteiger partial charge in [0.1, 0.15) is 18.5 Å². The zero-order valence-electron chi connectivity index (χ0n) is 16.8. The fourth-order valence-corrected chi connectivity index (χ4v) is 3.35. The van der Waals surface area contributed by atoms with E-state index in [4.69, 9.17) is 9.47 Å². The van der Waals surface area contributed by atoms with Crippen molar-refractivity contribution in [2.24, 2.45) is 5.92 Å². The molecule has 1 atom stereocenters. The molecule has 0 spiro atoms. The largest absolute Gasteiger partial charge is 0.383 e. The maximum atomic E-state index is 14.0. The van der Waals surface area contributed by atoms with E-state index >= 15 is 0 Å². The number of carbonyl (C=O) groups is 3. The van der Waals surface area contributed by atoms with Crippen LogP contribution in [-0.4, -0.2) is 75.7 Å². The van der Waals surface area contributed by atoms with Gasteiger partial charge in [-0.15, -0.1) is 0 Å².